The normalized spacial score (nSPS) is 22.6. The second-order valence-electron chi connectivity index (χ2n) is 6.00. The van der Waals surface area contributed by atoms with Crippen LogP contribution in [0.2, 0.25) is 0 Å². The molecular weight excluding hydrogens is 354 g/mol. The summed E-state index contributed by atoms with van der Waals surface area (Å²) in [5.41, 5.74) is -0.140. The minimum Gasteiger partial charge on any atom is -0.370 e. The Kier molecular flexibility index (Phi) is 4.18. The molecule has 1 fully saturated rings. The molecule has 5 nitrogen and oxygen atoms in total. The fourth-order valence-corrected chi connectivity index (χ4v) is 4.10. The van der Waals surface area contributed by atoms with E-state index in [0.29, 0.717) is 18.3 Å². The SMILES string of the molecule is CC1CN(Cc2nc(-c3cc(Br)cs3)no2)CC(C)(C)O1. The van der Waals surface area contributed by atoms with Crippen molar-refractivity contribution in [2.75, 3.05) is 13.1 Å². The molecule has 0 aliphatic carbocycles. The smallest absolute Gasteiger partial charge is 0.241 e. The minimum absolute atomic E-state index is 0.140. The second-order valence-corrected chi connectivity index (χ2v) is 7.83. The highest BCUT2D eigenvalue weighted by atomic mass is 79.9. The van der Waals surface area contributed by atoms with Gasteiger partial charge in [0, 0.05) is 22.9 Å². The standard InChI is InChI=1S/C14H18BrN3O2S/c1-9-5-18(8-14(2,3)19-9)6-12-16-13(17-20-12)11-4-10(15)7-21-11/h4,7,9H,5-6,8H2,1-3H3. The number of aromatic nitrogens is 2. The number of ether oxygens (including phenoxy) is 1. The second kappa shape index (κ2) is 5.79. The predicted molar refractivity (Wildman–Crippen MR) is 85.2 cm³/mol. The molecule has 3 rings (SSSR count). The van der Waals surface area contributed by atoms with Gasteiger partial charge in [-0.1, -0.05) is 5.16 Å². The molecule has 0 amide bonds. The molecular formula is C14H18BrN3O2S. The fourth-order valence-electron chi connectivity index (χ4n) is 2.75. The van der Waals surface area contributed by atoms with E-state index in [1.807, 2.05) is 11.4 Å². The van der Waals surface area contributed by atoms with Crippen LogP contribution in [0.25, 0.3) is 10.7 Å². The van der Waals surface area contributed by atoms with Gasteiger partial charge in [-0.2, -0.15) is 4.98 Å². The van der Waals surface area contributed by atoms with Crippen LogP contribution in [-0.2, 0) is 11.3 Å². The van der Waals surface area contributed by atoms with E-state index in [-0.39, 0.29) is 11.7 Å². The van der Waals surface area contributed by atoms with E-state index in [2.05, 4.69) is 51.7 Å². The summed E-state index contributed by atoms with van der Waals surface area (Å²) in [5, 5.41) is 6.08. The summed E-state index contributed by atoms with van der Waals surface area (Å²) in [6, 6.07) is 2.00. The van der Waals surface area contributed by atoms with Crippen molar-refractivity contribution < 1.29 is 9.26 Å². The van der Waals surface area contributed by atoms with Gasteiger partial charge in [0.1, 0.15) is 0 Å². The molecule has 0 aromatic carbocycles. The third-order valence-corrected chi connectivity index (χ3v) is 4.94. The van der Waals surface area contributed by atoms with Gasteiger partial charge in [0.15, 0.2) is 0 Å². The number of morpholine rings is 1. The summed E-state index contributed by atoms with van der Waals surface area (Å²) < 4.78 is 12.3. The molecule has 0 N–H and O–H groups in total. The lowest BCUT2D eigenvalue weighted by Gasteiger charge is -2.41. The predicted octanol–water partition coefficient (Wildman–Crippen LogP) is 3.56. The largest absolute Gasteiger partial charge is 0.370 e. The maximum absolute atomic E-state index is 5.91. The first kappa shape index (κ1) is 15.1. The topological polar surface area (TPSA) is 51.4 Å². The molecule has 0 radical (unpaired) electrons. The Labute approximate surface area is 136 Å². The van der Waals surface area contributed by atoms with Crippen LogP contribution in [0.3, 0.4) is 0 Å². The molecule has 1 aliphatic rings. The molecule has 2 aromatic rings. The summed E-state index contributed by atoms with van der Waals surface area (Å²) in [7, 11) is 0. The Morgan fingerprint density at radius 1 is 1.52 bits per heavy atom. The Morgan fingerprint density at radius 2 is 2.33 bits per heavy atom. The zero-order chi connectivity index (χ0) is 15.0. The fraction of sp³-hybridized carbons (Fsp3) is 0.571. The Hall–Kier alpha value is -0.760. The van der Waals surface area contributed by atoms with E-state index in [0.717, 1.165) is 22.4 Å². The van der Waals surface area contributed by atoms with Crippen LogP contribution in [-0.4, -0.2) is 39.8 Å². The molecule has 0 spiro atoms. The van der Waals surface area contributed by atoms with E-state index >= 15 is 0 Å². The zero-order valence-electron chi connectivity index (χ0n) is 12.3. The van der Waals surface area contributed by atoms with Gasteiger partial charge in [-0.15, -0.1) is 11.3 Å². The van der Waals surface area contributed by atoms with Crippen LogP contribution in [0, 0.1) is 0 Å². The van der Waals surface area contributed by atoms with E-state index < -0.39 is 0 Å². The van der Waals surface area contributed by atoms with Crippen molar-refractivity contribution in [3.8, 4) is 10.7 Å². The Bertz CT molecular complexity index is 625. The summed E-state index contributed by atoms with van der Waals surface area (Å²) in [6.07, 6.45) is 0.212. The molecule has 21 heavy (non-hydrogen) atoms. The lowest BCUT2D eigenvalue weighted by atomic mass is 10.1. The maximum Gasteiger partial charge on any atom is 0.241 e. The van der Waals surface area contributed by atoms with Crippen LogP contribution in [0.4, 0.5) is 0 Å². The van der Waals surface area contributed by atoms with Gasteiger partial charge in [-0.05, 0) is 42.8 Å². The molecule has 7 heteroatoms. The number of halogens is 1. The highest BCUT2D eigenvalue weighted by Crippen LogP contribution is 2.28. The monoisotopic (exact) mass is 371 g/mol. The average molecular weight is 372 g/mol. The number of hydrogen-bond donors (Lipinski definition) is 0. The molecule has 3 heterocycles. The van der Waals surface area contributed by atoms with Crippen molar-refractivity contribution in [2.45, 2.75) is 39.0 Å². The van der Waals surface area contributed by atoms with Crippen LogP contribution in [0.15, 0.2) is 20.4 Å². The number of nitrogens with zero attached hydrogens (tertiary/aromatic N) is 3. The van der Waals surface area contributed by atoms with E-state index in [9.17, 15) is 0 Å². The maximum atomic E-state index is 5.91. The van der Waals surface area contributed by atoms with Crippen LogP contribution >= 0.6 is 27.3 Å². The van der Waals surface area contributed by atoms with Gasteiger partial charge in [0.25, 0.3) is 0 Å². The van der Waals surface area contributed by atoms with Crippen molar-refractivity contribution in [3.63, 3.8) is 0 Å². The third kappa shape index (κ3) is 3.71. The number of rotatable bonds is 3. The Balaban J connectivity index is 1.70. The van der Waals surface area contributed by atoms with Gasteiger partial charge >= 0.3 is 0 Å². The van der Waals surface area contributed by atoms with Crippen molar-refractivity contribution in [1.82, 2.24) is 15.0 Å². The molecule has 1 atom stereocenters. The summed E-state index contributed by atoms with van der Waals surface area (Å²) in [4.78, 5) is 7.80. The number of hydrogen-bond acceptors (Lipinski definition) is 6. The summed E-state index contributed by atoms with van der Waals surface area (Å²) in [6.45, 7) is 8.72. The van der Waals surface area contributed by atoms with Gasteiger partial charge in [-0.3, -0.25) is 4.90 Å². The molecule has 0 saturated carbocycles. The van der Waals surface area contributed by atoms with Gasteiger partial charge < -0.3 is 9.26 Å². The van der Waals surface area contributed by atoms with Gasteiger partial charge in [-0.25, -0.2) is 0 Å². The first-order valence-electron chi connectivity index (χ1n) is 6.88. The highest BCUT2D eigenvalue weighted by molar-refractivity contribution is 9.10. The molecule has 1 aliphatic heterocycles. The zero-order valence-corrected chi connectivity index (χ0v) is 14.7. The van der Waals surface area contributed by atoms with E-state index in [1.54, 1.807) is 11.3 Å². The van der Waals surface area contributed by atoms with Crippen LogP contribution in [0.1, 0.15) is 26.7 Å². The Morgan fingerprint density at radius 3 is 3.00 bits per heavy atom. The molecule has 2 aromatic heterocycles. The molecule has 114 valence electrons. The molecule has 1 saturated heterocycles. The first-order chi connectivity index (χ1) is 9.91. The number of thiophene rings is 1. The summed E-state index contributed by atoms with van der Waals surface area (Å²) in [5.74, 6) is 1.31. The minimum atomic E-state index is -0.140. The van der Waals surface area contributed by atoms with Crippen LogP contribution in [0.5, 0.6) is 0 Å². The van der Waals surface area contributed by atoms with E-state index in [1.165, 1.54) is 0 Å². The van der Waals surface area contributed by atoms with Gasteiger partial charge in [0.2, 0.25) is 11.7 Å². The molecule has 1 unspecified atom stereocenters. The van der Waals surface area contributed by atoms with Crippen molar-refractivity contribution in [2.24, 2.45) is 0 Å². The van der Waals surface area contributed by atoms with Crippen molar-refractivity contribution >= 4 is 27.3 Å². The third-order valence-electron chi connectivity index (χ3n) is 3.25. The first-order valence-corrected chi connectivity index (χ1v) is 8.56. The average Bonchev–Trinajstić information content (AvgIpc) is 2.95. The summed E-state index contributed by atoms with van der Waals surface area (Å²) >= 11 is 5.03. The van der Waals surface area contributed by atoms with Crippen LogP contribution < -0.4 is 0 Å². The quantitative estimate of drug-likeness (QED) is 0.825. The van der Waals surface area contributed by atoms with E-state index in [4.69, 9.17) is 9.26 Å². The lowest BCUT2D eigenvalue weighted by Crippen LogP contribution is -2.51. The van der Waals surface area contributed by atoms with Crippen molar-refractivity contribution in [3.05, 3.63) is 21.8 Å². The lowest BCUT2D eigenvalue weighted by molar-refractivity contribution is -0.132. The highest BCUT2D eigenvalue weighted by Gasteiger charge is 2.32. The molecule has 0 bridgehead atoms. The van der Waals surface area contributed by atoms with Gasteiger partial charge in [0.05, 0.1) is 23.1 Å². The van der Waals surface area contributed by atoms with Crippen molar-refractivity contribution in [1.29, 1.82) is 0 Å².